The fourth-order valence-corrected chi connectivity index (χ4v) is 3.06. The molecule has 0 aromatic heterocycles. The topological polar surface area (TPSA) is 46.8 Å². The van der Waals surface area contributed by atoms with Crippen LogP contribution in [0.15, 0.2) is 12.7 Å². The van der Waals surface area contributed by atoms with E-state index in [-0.39, 0.29) is 0 Å². The average Bonchev–Trinajstić information content (AvgIpc) is 2.61. The molecule has 0 amide bonds. The minimum absolute atomic E-state index is 0.721. The molecular formula is C10H17N5Si. The summed E-state index contributed by atoms with van der Waals surface area (Å²) in [6, 6.07) is 0. The smallest absolute Gasteiger partial charge is 0.184 e. The zero-order valence-electron chi connectivity index (χ0n) is 10.4. The van der Waals surface area contributed by atoms with E-state index in [4.69, 9.17) is 0 Å². The van der Waals surface area contributed by atoms with Crippen molar-refractivity contribution in [2.24, 2.45) is 0 Å². The van der Waals surface area contributed by atoms with Crippen molar-refractivity contribution in [3.63, 3.8) is 0 Å². The van der Waals surface area contributed by atoms with Crippen molar-refractivity contribution < 1.29 is 0 Å². The van der Waals surface area contributed by atoms with Crippen LogP contribution in [0.25, 0.3) is 11.5 Å². The molecule has 2 rings (SSSR count). The Kier molecular flexibility index (Phi) is 2.45. The lowest BCUT2D eigenvalue weighted by molar-refractivity contribution is 0.950. The van der Waals surface area contributed by atoms with E-state index in [1.54, 1.807) is 6.33 Å². The fourth-order valence-electron chi connectivity index (χ4n) is 1.71. The van der Waals surface area contributed by atoms with Crippen LogP contribution in [-0.4, -0.2) is 41.5 Å². The molecule has 0 unspecified atom stereocenters. The Labute approximate surface area is 96.6 Å². The van der Waals surface area contributed by atoms with E-state index >= 15 is 0 Å². The minimum Gasteiger partial charge on any atom is -0.363 e. The number of anilines is 1. The SMILES string of the molecule is CN(C)c1c2ncnc-2ncn1[Si](C)(C)C. The lowest BCUT2D eigenvalue weighted by atomic mass is 10.4. The van der Waals surface area contributed by atoms with Gasteiger partial charge in [-0.25, -0.2) is 15.0 Å². The highest BCUT2D eigenvalue weighted by Crippen LogP contribution is 2.28. The molecule has 16 heavy (non-hydrogen) atoms. The summed E-state index contributed by atoms with van der Waals surface area (Å²) in [6.45, 7) is 6.84. The summed E-state index contributed by atoms with van der Waals surface area (Å²) in [7, 11) is 2.57. The van der Waals surface area contributed by atoms with Gasteiger partial charge in [-0.15, -0.1) is 0 Å². The molecule has 0 saturated heterocycles. The van der Waals surface area contributed by atoms with Crippen LogP contribution in [0.3, 0.4) is 0 Å². The molecule has 0 N–H and O–H groups in total. The molecule has 2 aliphatic rings. The lowest BCUT2D eigenvalue weighted by Gasteiger charge is -2.29. The summed E-state index contributed by atoms with van der Waals surface area (Å²) in [4.78, 5) is 14.9. The second-order valence-corrected chi connectivity index (χ2v) is 9.87. The van der Waals surface area contributed by atoms with Crippen LogP contribution in [-0.2, 0) is 0 Å². The molecule has 2 aliphatic heterocycles. The molecule has 0 spiro atoms. The summed E-state index contributed by atoms with van der Waals surface area (Å²) >= 11 is 0. The van der Waals surface area contributed by atoms with Crippen molar-refractivity contribution in [3.05, 3.63) is 12.7 Å². The highest BCUT2D eigenvalue weighted by Gasteiger charge is 2.25. The maximum absolute atomic E-state index is 4.35. The Morgan fingerprint density at radius 3 is 2.38 bits per heavy atom. The van der Waals surface area contributed by atoms with Crippen LogP contribution in [0.5, 0.6) is 0 Å². The summed E-state index contributed by atoms with van der Waals surface area (Å²) in [5, 5.41) is 0. The Morgan fingerprint density at radius 1 is 1.12 bits per heavy atom. The Hall–Kier alpha value is -1.43. The molecule has 0 atom stereocenters. The molecule has 0 aromatic rings. The van der Waals surface area contributed by atoms with Gasteiger partial charge in [0.25, 0.3) is 0 Å². The first-order chi connectivity index (χ1) is 7.41. The monoisotopic (exact) mass is 235 g/mol. The van der Waals surface area contributed by atoms with Gasteiger partial charge in [0, 0.05) is 14.1 Å². The van der Waals surface area contributed by atoms with Gasteiger partial charge in [0.2, 0.25) is 0 Å². The lowest BCUT2D eigenvalue weighted by Crippen LogP contribution is -2.36. The number of imidazole rings is 1. The molecule has 0 aliphatic carbocycles. The highest BCUT2D eigenvalue weighted by atomic mass is 28.3. The maximum atomic E-state index is 4.35. The first-order valence-corrected chi connectivity index (χ1v) is 8.72. The predicted octanol–water partition coefficient (Wildman–Crippen LogP) is 1.53. The second kappa shape index (κ2) is 3.55. The highest BCUT2D eigenvalue weighted by molar-refractivity contribution is 6.75. The average molecular weight is 235 g/mol. The Balaban J connectivity index is 2.74. The molecule has 86 valence electrons. The number of nitrogens with zero attached hydrogens (tertiary/aromatic N) is 5. The van der Waals surface area contributed by atoms with Crippen LogP contribution in [0, 0.1) is 0 Å². The maximum Gasteiger partial charge on any atom is 0.184 e. The van der Waals surface area contributed by atoms with Crippen molar-refractivity contribution in [1.82, 2.24) is 19.2 Å². The number of rotatable bonds is 2. The third kappa shape index (κ3) is 1.69. The van der Waals surface area contributed by atoms with E-state index in [1.165, 1.54) is 0 Å². The van der Waals surface area contributed by atoms with Crippen LogP contribution < -0.4 is 4.90 Å². The van der Waals surface area contributed by atoms with Crippen molar-refractivity contribution in [2.75, 3.05) is 19.0 Å². The quantitative estimate of drug-likeness (QED) is 0.741. The van der Waals surface area contributed by atoms with E-state index in [9.17, 15) is 0 Å². The van der Waals surface area contributed by atoms with Gasteiger partial charge in [0.15, 0.2) is 14.1 Å². The zero-order valence-corrected chi connectivity index (χ0v) is 11.4. The van der Waals surface area contributed by atoms with Crippen LogP contribution in [0.2, 0.25) is 19.6 Å². The van der Waals surface area contributed by atoms with Gasteiger partial charge in [0.1, 0.15) is 17.8 Å². The molecule has 2 heterocycles. The summed E-state index contributed by atoms with van der Waals surface area (Å²) in [5.41, 5.74) is 0.884. The number of hydrogen-bond donors (Lipinski definition) is 0. The molecule has 0 radical (unpaired) electrons. The Bertz CT molecular complexity index is 471. The summed E-state index contributed by atoms with van der Waals surface area (Å²) in [5.74, 6) is 1.82. The number of hydrogen-bond acceptors (Lipinski definition) is 4. The van der Waals surface area contributed by atoms with Gasteiger partial charge < -0.3 is 9.13 Å². The third-order valence-corrected chi connectivity index (χ3v) is 4.23. The van der Waals surface area contributed by atoms with Gasteiger partial charge >= 0.3 is 0 Å². The van der Waals surface area contributed by atoms with Gasteiger partial charge in [-0.1, -0.05) is 19.6 Å². The van der Waals surface area contributed by atoms with E-state index in [2.05, 4.69) is 43.7 Å². The summed E-state index contributed by atoms with van der Waals surface area (Å²) < 4.78 is 2.25. The molecule has 5 nitrogen and oxygen atoms in total. The van der Waals surface area contributed by atoms with Crippen molar-refractivity contribution in [3.8, 4) is 11.5 Å². The van der Waals surface area contributed by atoms with Crippen LogP contribution in [0.4, 0.5) is 5.82 Å². The number of fused-ring (bicyclic) bond motifs is 1. The predicted molar refractivity (Wildman–Crippen MR) is 67.5 cm³/mol. The second-order valence-electron chi connectivity index (χ2n) is 5.05. The summed E-state index contributed by atoms with van der Waals surface area (Å²) in [6.07, 6.45) is 3.46. The molecule has 6 heteroatoms. The van der Waals surface area contributed by atoms with E-state index < -0.39 is 8.24 Å². The largest absolute Gasteiger partial charge is 0.363 e. The van der Waals surface area contributed by atoms with Gasteiger partial charge in [-0.05, 0) is 0 Å². The van der Waals surface area contributed by atoms with Gasteiger partial charge in [0.05, 0.1) is 6.33 Å². The molecule has 0 bridgehead atoms. The van der Waals surface area contributed by atoms with Crippen LogP contribution in [0.1, 0.15) is 0 Å². The van der Waals surface area contributed by atoms with Crippen LogP contribution >= 0.6 is 0 Å². The van der Waals surface area contributed by atoms with E-state index in [1.807, 2.05) is 20.4 Å². The van der Waals surface area contributed by atoms with E-state index in [0.29, 0.717) is 0 Å². The standard InChI is InChI=1S/C10H17N5Si/c1-14(2)10-8-9(12-6-11-8)13-7-15(10)16(3,4)5/h6-7H,1-5H3. The first kappa shape index (κ1) is 11.1. The molecule has 0 fully saturated rings. The fraction of sp³-hybridized carbons (Fsp3) is 0.500. The van der Waals surface area contributed by atoms with Crippen molar-refractivity contribution >= 4 is 14.1 Å². The molecule has 0 aromatic carbocycles. The number of aromatic nitrogens is 4. The van der Waals surface area contributed by atoms with Gasteiger partial charge in [-0.3, -0.25) is 0 Å². The van der Waals surface area contributed by atoms with Crippen molar-refractivity contribution in [1.29, 1.82) is 0 Å². The van der Waals surface area contributed by atoms with Gasteiger partial charge in [-0.2, -0.15) is 0 Å². The zero-order chi connectivity index (χ0) is 11.9. The molecular weight excluding hydrogens is 218 g/mol. The third-order valence-electron chi connectivity index (χ3n) is 2.46. The molecule has 0 saturated carbocycles. The normalized spacial score (nSPS) is 12.1. The van der Waals surface area contributed by atoms with E-state index in [0.717, 1.165) is 17.3 Å². The minimum atomic E-state index is -1.49. The Morgan fingerprint density at radius 2 is 1.81 bits per heavy atom. The van der Waals surface area contributed by atoms with Crippen molar-refractivity contribution in [2.45, 2.75) is 19.6 Å². The first-order valence-electron chi connectivity index (χ1n) is 5.27.